The minimum atomic E-state index is 0.0301. The van der Waals surface area contributed by atoms with Crippen molar-refractivity contribution in [3.63, 3.8) is 0 Å². The van der Waals surface area contributed by atoms with Gasteiger partial charge in [-0.15, -0.1) is 0 Å². The monoisotopic (exact) mass is 286 g/mol. The highest BCUT2D eigenvalue weighted by Crippen LogP contribution is 2.43. The van der Waals surface area contributed by atoms with Gasteiger partial charge >= 0.3 is 0 Å². The molecule has 2 bridgehead atoms. The van der Waals surface area contributed by atoms with Crippen LogP contribution in [0.2, 0.25) is 0 Å². The maximum atomic E-state index is 12.2. The largest absolute Gasteiger partial charge is 0.459 e. The zero-order valence-electron chi connectivity index (χ0n) is 12.3. The van der Waals surface area contributed by atoms with Gasteiger partial charge in [-0.25, -0.2) is 0 Å². The summed E-state index contributed by atoms with van der Waals surface area (Å²) in [4.78, 5) is 16.7. The van der Waals surface area contributed by atoms with E-state index in [9.17, 15) is 4.79 Å². The molecular weight excluding hydrogens is 264 g/mol. The second-order valence-corrected chi connectivity index (χ2v) is 6.61. The van der Waals surface area contributed by atoms with Crippen LogP contribution in [0.4, 0.5) is 0 Å². The van der Waals surface area contributed by atoms with Gasteiger partial charge in [-0.2, -0.15) is 0 Å². The highest BCUT2D eigenvalue weighted by molar-refractivity contribution is 5.91. The lowest BCUT2D eigenvalue weighted by atomic mass is 9.93. The Kier molecular flexibility index (Phi) is 3.34. The van der Waals surface area contributed by atoms with Gasteiger partial charge in [-0.1, -0.05) is 12.2 Å². The molecule has 1 saturated heterocycles. The van der Waals surface area contributed by atoms with E-state index in [0.29, 0.717) is 5.76 Å². The summed E-state index contributed by atoms with van der Waals surface area (Å²) in [5.74, 6) is 3.00. The second-order valence-electron chi connectivity index (χ2n) is 6.61. The van der Waals surface area contributed by atoms with E-state index in [2.05, 4.69) is 17.1 Å². The van der Waals surface area contributed by atoms with Crippen LogP contribution in [0.3, 0.4) is 0 Å². The van der Waals surface area contributed by atoms with Gasteiger partial charge in [-0.3, -0.25) is 9.69 Å². The summed E-state index contributed by atoms with van der Waals surface area (Å²) in [6.45, 7) is 4.81. The quantitative estimate of drug-likeness (QED) is 0.800. The Hall–Kier alpha value is -1.55. The number of piperazine rings is 1. The maximum absolute atomic E-state index is 12.2. The molecule has 1 aromatic rings. The van der Waals surface area contributed by atoms with Crippen molar-refractivity contribution < 1.29 is 9.21 Å². The van der Waals surface area contributed by atoms with Crippen LogP contribution in [0.1, 0.15) is 23.4 Å². The predicted molar refractivity (Wildman–Crippen MR) is 79.9 cm³/mol. The zero-order valence-corrected chi connectivity index (χ0v) is 12.3. The van der Waals surface area contributed by atoms with E-state index in [1.165, 1.54) is 19.4 Å². The standard InChI is InChI=1S/C17H22N2O2/c20-17(16-2-1-9-21-16)19-7-5-18(6-8-19)12-15-11-13-3-4-14(15)10-13/h1-4,9,13-15H,5-8,10-12H2/t13-,14-,15-/m0/s1. The predicted octanol–water partition coefficient (Wildman–Crippen LogP) is 2.25. The first-order valence-corrected chi connectivity index (χ1v) is 8.03. The SMILES string of the molecule is O=C(c1ccco1)N1CCN(C[C@@H]2C[C@H]3C=C[C@H]2C3)CC1. The van der Waals surface area contributed by atoms with Gasteiger partial charge < -0.3 is 9.32 Å². The molecule has 0 N–H and O–H groups in total. The van der Waals surface area contributed by atoms with Gasteiger partial charge in [0.2, 0.25) is 0 Å². The molecule has 4 heteroatoms. The van der Waals surface area contributed by atoms with E-state index in [1.54, 1.807) is 18.4 Å². The van der Waals surface area contributed by atoms with Gasteiger partial charge in [0.05, 0.1) is 6.26 Å². The summed E-state index contributed by atoms with van der Waals surface area (Å²) >= 11 is 0. The molecular formula is C17H22N2O2. The summed E-state index contributed by atoms with van der Waals surface area (Å²) in [5.41, 5.74) is 0. The molecule has 0 unspecified atom stereocenters. The zero-order chi connectivity index (χ0) is 14.2. The highest BCUT2D eigenvalue weighted by Gasteiger charge is 2.36. The third-order valence-corrected chi connectivity index (χ3v) is 5.30. The first-order valence-electron chi connectivity index (χ1n) is 8.03. The number of carbonyl (C=O) groups is 1. The topological polar surface area (TPSA) is 36.7 Å². The van der Waals surface area contributed by atoms with Crippen LogP contribution in [0.5, 0.6) is 0 Å². The first kappa shape index (κ1) is 13.1. The molecule has 3 aliphatic rings. The third-order valence-electron chi connectivity index (χ3n) is 5.30. The summed E-state index contributed by atoms with van der Waals surface area (Å²) in [7, 11) is 0. The number of nitrogens with zero attached hydrogens (tertiary/aromatic N) is 2. The Morgan fingerprint density at radius 2 is 2.05 bits per heavy atom. The lowest BCUT2D eigenvalue weighted by Crippen LogP contribution is -2.50. The number of allylic oxidation sites excluding steroid dienone is 2. The van der Waals surface area contributed by atoms with E-state index in [0.717, 1.165) is 43.9 Å². The molecule has 4 rings (SSSR count). The summed E-state index contributed by atoms with van der Waals surface area (Å²) < 4.78 is 5.20. The fourth-order valence-electron chi connectivity index (χ4n) is 4.13. The van der Waals surface area contributed by atoms with Crippen molar-refractivity contribution in [1.82, 2.24) is 9.80 Å². The van der Waals surface area contributed by atoms with Crippen LogP contribution in [0.25, 0.3) is 0 Å². The normalized spacial score (nSPS) is 32.0. The molecule has 21 heavy (non-hydrogen) atoms. The van der Waals surface area contributed by atoms with Crippen LogP contribution in [0, 0.1) is 17.8 Å². The van der Waals surface area contributed by atoms with Crippen molar-refractivity contribution in [2.24, 2.45) is 17.8 Å². The number of hydrogen-bond acceptors (Lipinski definition) is 3. The molecule has 2 fully saturated rings. The van der Waals surface area contributed by atoms with E-state index in [-0.39, 0.29) is 5.91 Å². The Balaban J connectivity index is 1.29. The molecule has 0 radical (unpaired) electrons. The molecule has 1 aromatic heterocycles. The summed E-state index contributed by atoms with van der Waals surface area (Å²) in [5, 5.41) is 0. The van der Waals surface area contributed by atoms with Crippen LogP contribution in [-0.4, -0.2) is 48.4 Å². The minimum absolute atomic E-state index is 0.0301. The number of amides is 1. The smallest absolute Gasteiger partial charge is 0.289 e. The maximum Gasteiger partial charge on any atom is 0.289 e. The Morgan fingerprint density at radius 1 is 1.19 bits per heavy atom. The van der Waals surface area contributed by atoms with Crippen molar-refractivity contribution >= 4 is 5.91 Å². The number of furan rings is 1. The molecule has 0 spiro atoms. The van der Waals surface area contributed by atoms with Gasteiger partial charge in [0.25, 0.3) is 5.91 Å². The van der Waals surface area contributed by atoms with Crippen molar-refractivity contribution in [3.05, 3.63) is 36.3 Å². The van der Waals surface area contributed by atoms with Gasteiger partial charge in [0.1, 0.15) is 0 Å². The third kappa shape index (κ3) is 2.53. The van der Waals surface area contributed by atoms with Crippen LogP contribution in [-0.2, 0) is 0 Å². The van der Waals surface area contributed by atoms with Crippen molar-refractivity contribution in [3.8, 4) is 0 Å². The molecule has 1 saturated carbocycles. The van der Waals surface area contributed by atoms with E-state index < -0.39 is 0 Å². The van der Waals surface area contributed by atoms with Crippen molar-refractivity contribution in [1.29, 1.82) is 0 Å². The average molecular weight is 286 g/mol. The van der Waals surface area contributed by atoms with E-state index >= 15 is 0 Å². The second kappa shape index (κ2) is 5.34. The van der Waals surface area contributed by atoms with Crippen molar-refractivity contribution in [2.45, 2.75) is 12.8 Å². The van der Waals surface area contributed by atoms with E-state index in [1.807, 2.05) is 4.90 Å². The lowest BCUT2D eigenvalue weighted by molar-refractivity contribution is 0.0580. The molecule has 2 aliphatic carbocycles. The number of carbonyl (C=O) groups excluding carboxylic acids is 1. The molecule has 4 nitrogen and oxygen atoms in total. The molecule has 1 amide bonds. The molecule has 2 heterocycles. The van der Waals surface area contributed by atoms with Gasteiger partial charge in [0, 0.05) is 32.7 Å². The number of hydrogen-bond donors (Lipinski definition) is 0. The molecule has 0 aromatic carbocycles. The number of fused-ring (bicyclic) bond motifs is 2. The Labute approximate surface area is 125 Å². The molecule has 3 atom stereocenters. The van der Waals surface area contributed by atoms with Crippen LogP contribution >= 0.6 is 0 Å². The average Bonchev–Trinajstić information content (AvgIpc) is 3.25. The summed E-state index contributed by atoms with van der Waals surface area (Å²) in [6.07, 6.45) is 9.14. The highest BCUT2D eigenvalue weighted by atomic mass is 16.3. The first-order chi connectivity index (χ1) is 10.3. The Bertz CT molecular complexity index is 529. The number of rotatable bonds is 3. The molecule has 1 aliphatic heterocycles. The van der Waals surface area contributed by atoms with Gasteiger partial charge in [-0.05, 0) is 42.7 Å². The molecule has 112 valence electrons. The van der Waals surface area contributed by atoms with Gasteiger partial charge in [0.15, 0.2) is 5.76 Å². The lowest BCUT2D eigenvalue weighted by Gasteiger charge is -2.36. The summed E-state index contributed by atoms with van der Waals surface area (Å²) in [6, 6.07) is 3.52. The van der Waals surface area contributed by atoms with Crippen molar-refractivity contribution in [2.75, 3.05) is 32.7 Å². The Morgan fingerprint density at radius 3 is 2.67 bits per heavy atom. The van der Waals surface area contributed by atoms with Crippen LogP contribution < -0.4 is 0 Å². The van der Waals surface area contributed by atoms with Crippen LogP contribution in [0.15, 0.2) is 35.0 Å². The van der Waals surface area contributed by atoms with E-state index in [4.69, 9.17) is 4.42 Å². The fraction of sp³-hybridized carbons (Fsp3) is 0.588. The fourth-order valence-corrected chi connectivity index (χ4v) is 4.13. The minimum Gasteiger partial charge on any atom is -0.459 e.